The molecule has 1 aliphatic heterocycles. The summed E-state index contributed by atoms with van der Waals surface area (Å²) >= 11 is 0. The molecule has 0 unspecified atom stereocenters. The van der Waals surface area contributed by atoms with Crippen molar-refractivity contribution in [3.63, 3.8) is 0 Å². The Morgan fingerprint density at radius 3 is 2.83 bits per heavy atom. The van der Waals surface area contributed by atoms with Crippen molar-refractivity contribution in [1.29, 1.82) is 0 Å². The van der Waals surface area contributed by atoms with Gasteiger partial charge in [0, 0.05) is 6.42 Å². The summed E-state index contributed by atoms with van der Waals surface area (Å²) in [6, 6.07) is 4.14. The maximum atomic E-state index is 12.9. The van der Waals surface area contributed by atoms with Gasteiger partial charge in [0.1, 0.15) is 11.9 Å². The van der Waals surface area contributed by atoms with Gasteiger partial charge in [-0.2, -0.15) is 0 Å². The van der Waals surface area contributed by atoms with Crippen LogP contribution < -0.4 is 16.2 Å². The summed E-state index contributed by atoms with van der Waals surface area (Å²) in [4.78, 5) is 51.3. The lowest BCUT2D eigenvalue weighted by Crippen LogP contribution is -2.45. The number of aryl methyl sites for hydroxylation is 1. The Kier molecular flexibility index (Phi) is 3.65. The van der Waals surface area contributed by atoms with Gasteiger partial charge < -0.3 is 5.32 Å². The normalized spacial score (nSPS) is 17.9. The SMILES string of the molecule is Cc1nc2cccc(NC=O)c2c(=O)n1[C@H]1CCC(=O)NC1=O. The minimum atomic E-state index is -0.790. The van der Waals surface area contributed by atoms with Crippen molar-refractivity contribution in [3.05, 3.63) is 34.4 Å². The first-order valence-corrected chi connectivity index (χ1v) is 7.08. The average molecular weight is 314 g/mol. The van der Waals surface area contributed by atoms with Gasteiger partial charge in [-0.1, -0.05) is 6.07 Å². The molecule has 1 aliphatic rings. The number of rotatable bonds is 3. The van der Waals surface area contributed by atoms with E-state index >= 15 is 0 Å². The van der Waals surface area contributed by atoms with E-state index in [-0.39, 0.29) is 24.1 Å². The van der Waals surface area contributed by atoms with E-state index in [9.17, 15) is 19.2 Å². The van der Waals surface area contributed by atoms with Gasteiger partial charge in [0.05, 0.1) is 16.6 Å². The van der Waals surface area contributed by atoms with E-state index in [0.29, 0.717) is 23.4 Å². The number of benzene rings is 1. The van der Waals surface area contributed by atoms with E-state index in [1.54, 1.807) is 25.1 Å². The topological polar surface area (TPSA) is 110 Å². The fraction of sp³-hybridized carbons (Fsp3) is 0.267. The van der Waals surface area contributed by atoms with Gasteiger partial charge in [-0.3, -0.25) is 29.1 Å². The first-order chi connectivity index (χ1) is 11.0. The monoisotopic (exact) mass is 314 g/mol. The average Bonchev–Trinajstić information content (AvgIpc) is 2.49. The molecule has 0 spiro atoms. The molecule has 0 saturated carbocycles. The number of carbonyl (C=O) groups is 3. The molecule has 0 radical (unpaired) electrons. The van der Waals surface area contributed by atoms with Crippen molar-refractivity contribution >= 4 is 34.8 Å². The molecule has 23 heavy (non-hydrogen) atoms. The van der Waals surface area contributed by atoms with Crippen molar-refractivity contribution in [2.45, 2.75) is 25.8 Å². The molecule has 3 amide bonds. The number of fused-ring (bicyclic) bond motifs is 1. The summed E-state index contributed by atoms with van der Waals surface area (Å²) in [7, 11) is 0. The molecule has 1 saturated heterocycles. The van der Waals surface area contributed by atoms with Crippen molar-refractivity contribution in [1.82, 2.24) is 14.9 Å². The summed E-state index contributed by atoms with van der Waals surface area (Å²) in [5.74, 6) is -0.498. The van der Waals surface area contributed by atoms with Crippen LogP contribution in [0.5, 0.6) is 0 Å². The third kappa shape index (κ3) is 2.48. The molecule has 0 bridgehead atoms. The first-order valence-electron chi connectivity index (χ1n) is 7.08. The Hall–Kier alpha value is -3.03. The molecule has 8 nitrogen and oxygen atoms in total. The van der Waals surface area contributed by atoms with Crippen LogP contribution >= 0.6 is 0 Å². The summed E-state index contributed by atoms with van der Waals surface area (Å²) in [6.07, 6.45) is 0.876. The van der Waals surface area contributed by atoms with E-state index in [4.69, 9.17) is 0 Å². The lowest BCUT2D eigenvalue weighted by molar-refractivity contribution is -0.135. The Labute approximate surface area is 130 Å². The maximum absolute atomic E-state index is 12.9. The second-order valence-corrected chi connectivity index (χ2v) is 5.26. The molecule has 1 atom stereocenters. The van der Waals surface area contributed by atoms with Gasteiger partial charge in [0.2, 0.25) is 18.2 Å². The lowest BCUT2D eigenvalue weighted by Gasteiger charge is -2.24. The van der Waals surface area contributed by atoms with E-state index < -0.39 is 17.5 Å². The van der Waals surface area contributed by atoms with Crippen LogP contribution in [0.1, 0.15) is 24.7 Å². The van der Waals surface area contributed by atoms with Crippen LogP contribution in [0.3, 0.4) is 0 Å². The van der Waals surface area contributed by atoms with Crippen molar-refractivity contribution < 1.29 is 14.4 Å². The summed E-state index contributed by atoms with van der Waals surface area (Å²) in [6.45, 7) is 1.63. The van der Waals surface area contributed by atoms with Crippen LogP contribution in [0.4, 0.5) is 5.69 Å². The highest BCUT2D eigenvalue weighted by molar-refractivity contribution is 6.00. The molecule has 8 heteroatoms. The standard InChI is InChI=1S/C15H14N4O4/c1-8-17-10-4-2-3-9(16-7-20)13(10)15(23)19(8)11-5-6-12(21)18-14(11)22/h2-4,7,11H,5-6H2,1H3,(H,16,20)(H,18,21,22)/t11-/m0/s1. The van der Waals surface area contributed by atoms with Crippen molar-refractivity contribution in [2.24, 2.45) is 0 Å². The lowest BCUT2D eigenvalue weighted by atomic mass is 10.1. The largest absolute Gasteiger partial charge is 0.328 e. The minimum absolute atomic E-state index is 0.161. The molecule has 1 fully saturated rings. The summed E-state index contributed by atoms with van der Waals surface area (Å²) in [5.41, 5.74) is 0.339. The maximum Gasteiger partial charge on any atom is 0.264 e. The molecular formula is C15H14N4O4. The number of imide groups is 1. The van der Waals surface area contributed by atoms with Gasteiger partial charge in [-0.05, 0) is 25.5 Å². The number of nitrogens with zero attached hydrogens (tertiary/aromatic N) is 2. The molecular weight excluding hydrogens is 300 g/mol. The fourth-order valence-electron chi connectivity index (χ4n) is 2.83. The Morgan fingerprint density at radius 1 is 1.35 bits per heavy atom. The quantitative estimate of drug-likeness (QED) is 0.623. The smallest absolute Gasteiger partial charge is 0.264 e. The highest BCUT2D eigenvalue weighted by atomic mass is 16.2. The molecule has 1 aromatic heterocycles. The molecule has 1 aromatic carbocycles. The fourth-order valence-corrected chi connectivity index (χ4v) is 2.83. The van der Waals surface area contributed by atoms with Gasteiger partial charge in [0.15, 0.2) is 0 Å². The predicted octanol–water partition coefficient (Wildman–Crippen LogP) is 0.251. The predicted molar refractivity (Wildman–Crippen MR) is 81.8 cm³/mol. The zero-order valence-corrected chi connectivity index (χ0v) is 12.3. The number of hydrogen-bond donors (Lipinski definition) is 2. The molecule has 2 N–H and O–H groups in total. The molecule has 3 rings (SSSR count). The van der Waals surface area contributed by atoms with Crippen LogP contribution in [-0.4, -0.2) is 27.8 Å². The van der Waals surface area contributed by atoms with Crippen LogP contribution in [0.2, 0.25) is 0 Å². The minimum Gasteiger partial charge on any atom is -0.328 e. The van der Waals surface area contributed by atoms with Crippen molar-refractivity contribution in [2.75, 3.05) is 5.32 Å². The van der Waals surface area contributed by atoms with Crippen LogP contribution in [0.25, 0.3) is 10.9 Å². The Morgan fingerprint density at radius 2 is 2.13 bits per heavy atom. The highest BCUT2D eigenvalue weighted by Crippen LogP contribution is 2.22. The van der Waals surface area contributed by atoms with Gasteiger partial charge in [0.25, 0.3) is 5.56 Å². The second-order valence-electron chi connectivity index (χ2n) is 5.26. The number of piperidine rings is 1. The zero-order valence-electron chi connectivity index (χ0n) is 12.3. The number of hydrogen-bond acceptors (Lipinski definition) is 5. The number of amides is 3. The van der Waals surface area contributed by atoms with Crippen LogP contribution in [0.15, 0.2) is 23.0 Å². The van der Waals surface area contributed by atoms with Gasteiger partial charge >= 0.3 is 0 Å². The molecule has 2 aromatic rings. The van der Waals surface area contributed by atoms with Crippen LogP contribution in [-0.2, 0) is 14.4 Å². The number of aromatic nitrogens is 2. The summed E-state index contributed by atoms with van der Waals surface area (Å²) < 4.78 is 1.28. The van der Waals surface area contributed by atoms with E-state index in [1.807, 2.05) is 0 Å². The highest BCUT2D eigenvalue weighted by Gasteiger charge is 2.30. The second kappa shape index (κ2) is 5.64. The van der Waals surface area contributed by atoms with Gasteiger partial charge in [-0.15, -0.1) is 0 Å². The molecule has 0 aliphatic carbocycles. The van der Waals surface area contributed by atoms with E-state index in [2.05, 4.69) is 15.6 Å². The molecule has 118 valence electrons. The number of nitrogens with one attached hydrogen (secondary N) is 2. The molecule has 2 heterocycles. The Balaban J connectivity index is 2.23. The van der Waals surface area contributed by atoms with E-state index in [1.165, 1.54) is 4.57 Å². The number of anilines is 1. The Bertz CT molecular complexity index is 887. The van der Waals surface area contributed by atoms with E-state index in [0.717, 1.165) is 0 Å². The van der Waals surface area contributed by atoms with Gasteiger partial charge in [-0.25, -0.2) is 4.98 Å². The summed E-state index contributed by atoms with van der Waals surface area (Å²) in [5, 5.41) is 4.94. The first kappa shape index (κ1) is 14.9. The number of carbonyl (C=O) groups excluding carboxylic acids is 3. The van der Waals surface area contributed by atoms with Crippen molar-refractivity contribution in [3.8, 4) is 0 Å². The zero-order chi connectivity index (χ0) is 16.6. The van der Waals surface area contributed by atoms with Crippen LogP contribution in [0, 0.1) is 6.92 Å². The third-order valence-corrected chi connectivity index (χ3v) is 3.84. The third-order valence-electron chi connectivity index (χ3n) is 3.84.